The van der Waals surface area contributed by atoms with Gasteiger partial charge in [-0.05, 0) is 49.8 Å². The Hall–Kier alpha value is -1.51. The summed E-state index contributed by atoms with van der Waals surface area (Å²) in [5, 5.41) is 0. The molecule has 16 heavy (non-hydrogen) atoms. The summed E-state index contributed by atoms with van der Waals surface area (Å²) in [6, 6.07) is 6.03. The first-order valence-corrected chi connectivity index (χ1v) is 5.75. The molecular weight excluding hydrogens is 202 g/mol. The maximum absolute atomic E-state index is 11.0. The predicted octanol–water partition coefficient (Wildman–Crippen LogP) is 1.82. The van der Waals surface area contributed by atoms with Crippen LogP contribution in [-0.4, -0.2) is 12.0 Å². The highest BCUT2D eigenvalue weighted by molar-refractivity contribution is 5.78. The number of hydrogen-bond acceptors (Lipinski definition) is 2. The molecule has 0 heterocycles. The van der Waals surface area contributed by atoms with Gasteiger partial charge in [0.25, 0.3) is 5.91 Å². The highest BCUT2D eigenvalue weighted by Crippen LogP contribution is 2.29. The Balaban J connectivity index is 2.24. The Kier molecular flexibility index (Phi) is 3.13. The lowest BCUT2D eigenvalue weighted by atomic mass is 9.91. The van der Waals surface area contributed by atoms with E-state index < -0.39 is 12.0 Å². The SMILES string of the molecule is C[C@@H](Oc1cccc2c1CCCC2)C(N)=O. The zero-order valence-corrected chi connectivity index (χ0v) is 9.53. The minimum absolute atomic E-state index is 0.423. The Morgan fingerprint density at radius 2 is 2.12 bits per heavy atom. The second kappa shape index (κ2) is 4.56. The van der Waals surface area contributed by atoms with Gasteiger partial charge in [0.2, 0.25) is 0 Å². The first kappa shape index (κ1) is 11.0. The van der Waals surface area contributed by atoms with Gasteiger partial charge in [-0.15, -0.1) is 0 Å². The minimum Gasteiger partial charge on any atom is -0.481 e. The fraction of sp³-hybridized carbons (Fsp3) is 0.462. The van der Waals surface area contributed by atoms with E-state index in [2.05, 4.69) is 6.07 Å². The molecule has 0 saturated carbocycles. The second-order valence-corrected chi connectivity index (χ2v) is 4.26. The molecule has 2 N–H and O–H groups in total. The van der Waals surface area contributed by atoms with Crippen LogP contribution in [0.25, 0.3) is 0 Å². The number of benzene rings is 1. The van der Waals surface area contributed by atoms with E-state index >= 15 is 0 Å². The Bertz CT molecular complexity index is 401. The molecule has 2 rings (SSSR count). The molecule has 0 bridgehead atoms. The molecule has 0 radical (unpaired) electrons. The Labute approximate surface area is 95.6 Å². The van der Waals surface area contributed by atoms with E-state index in [0.717, 1.165) is 18.6 Å². The molecule has 1 aromatic carbocycles. The summed E-state index contributed by atoms with van der Waals surface area (Å²) < 4.78 is 5.60. The molecule has 3 nitrogen and oxygen atoms in total. The highest BCUT2D eigenvalue weighted by atomic mass is 16.5. The molecule has 86 valence electrons. The van der Waals surface area contributed by atoms with Gasteiger partial charge in [0.05, 0.1) is 0 Å². The molecular formula is C13H17NO2. The Morgan fingerprint density at radius 1 is 1.38 bits per heavy atom. The number of aryl methyl sites for hydroxylation is 1. The molecule has 0 unspecified atom stereocenters. The lowest BCUT2D eigenvalue weighted by Gasteiger charge is -2.21. The molecule has 1 aromatic rings. The van der Waals surface area contributed by atoms with E-state index in [1.54, 1.807) is 6.92 Å². The number of nitrogens with two attached hydrogens (primary N) is 1. The van der Waals surface area contributed by atoms with Crippen LogP contribution in [-0.2, 0) is 17.6 Å². The van der Waals surface area contributed by atoms with Gasteiger partial charge in [0.15, 0.2) is 6.10 Å². The van der Waals surface area contributed by atoms with Crippen LogP contribution in [0.3, 0.4) is 0 Å². The van der Waals surface area contributed by atoms with Gasteiger partial charge in [0, 0.05) is 0 Å². The van der Waals surface area contributed by atoms with Gasteiger partial charge < -0.3 is 10.5 Å². The standard InChI is InChI=1S/C13H17NO2/c1-9(13(14)15)16-12-8-4-6-10-5-2-3-7-11(10)12/h4,6,8-9H,2-3,5,7H2,1H3,(H2,14,15)/t9-/m1/s1. The van der Waals surface area contributed by atoms with Gasteiger partial charge in [-0.25, -0.2) is 0 Å². The van der Waals surface area contributed by atoms with Crippen molar-refractivity contribution in [3.63, 3.8) is 0 Å². The lowest BCUT2D eigenvalue weighted by Crippen LogP contribution is -2.31. The van der Waals surface area contributed by atoms with Crippen molar-refractivity contribution in [3.05, 3.63) is 29.3 Å². The molecule has 0 aromatic heterocycles. The van der Waals surface area contributed by atoms with E-state index in [1.165, 1.54) is 24.0 Å². The van der Waals surface area contributed by atoms with E-state index in [0.29, 0.717) is 0 Å². The molecule has 0 saturated heterocycles. The van der Waals surface area contributed by atoms with Gasteiger partial charge in [-0.2, -0.15) is 0 Å². The van der Waals surface area contributed by atoms with Gasteiger partial charge in [-0.3, -0.25) is 4.79 Å². The molecule has 1 aliphatic carbocycles. The topological polar surface area (TPSA) is 52.3 Å². The highest BCUT2D eigenvalue weighted by Gasteiger charge is 2.17. The van der Waals surface area contributed by atoms with Crippen LogP contribution in [0, 0.1) is 0 Å². The van der Waals surface area contributed by atoms with E-state index in [1.807, 2.05) is 12.1 Å². The van der Waals surface area contributed by atoms with Gasteiger partial charge in [0.1, 0.15) is 5.75 Å². The molecule has 1 amide bonds. The number of ether oxygens (including phenoxy) is 1. The monoisotopic (exact) mass is 219 g/mol. The summed E-state index contributed by atoms with van der Waals surface area (Å²) in [4.78, 5) is 11.0. The van der Waals surface area contributed by atoms with Crippen LogP contribution in [0.2, 0.25) is 0 Å². The lowest BCUT2D eigenvalue weighted by molar-refractivity contribution is -0.124. The average Bonchev–Trinajstić information content (AvgIpc) is 2.29. The van der Waals surface area contributed by atoms with Crippen molar-refractivity contribution in [1.82, 2.24) is 0 Å². The predicted molar refractivity (Wildman–Crippen MR) is 62.4 cm³/mol. The number of carbonyl (C=O) groups is 1. The molecule has 0 aliphatic heterocycles. The fourth-order valence-corrected chi connectivity index (χ4v) is 2.11. The number of amides is 1. The fourth-order valence-electron chi connectivity index (χ4n) is 2.11. The van der Waals surface area contributed by atoms with E-state index in [9.17, 15) is 4.79 Å². The maximum Gasteiger partial charge on any atom is 0.258 e. The molecule has 0 fully saturated rings. The summed E-state index contributed by atoms with van der Waals surface area (Å²) >= 11 is 0. The second-order valence-electron chi connectivity index (χ2n) is 4.26. The number of hydrogen-bond donors (Lipinski definition) is 1. The largest absolute Gasteiger partial charge is 0.481 e. The third kappa shape index (κ3) is 2.18. The molecule has 1 aliphatic rings. The van der Waals surface area contributed by atoms with Crippen molar-refractivity contribution in [2.75, 3.05) is 0 Å². The summed E-state index contributed by atoms with van der Waals surface area (Å²) in [5.41, 5.74) is 7.80. The molecule has 1 atom stereocenters. The van der Waals surface area contributed by atoms with E-state index in [-0.39, 0.29) is 0 Å². The van der Waals surface area contributed by atoms with Gasteiger partial charge in [-0.1, -0.05) is 12.1 Å². The first-order chi connectivity index (χ1) is 7.68. The van der Waals surface area contributed by atoms with Crippen LogP contribution in [0.4, 0.5) is 0 Å². The van der Waals surface area contributed by atoms with Crippen LogP contribution < -0.4 is 10.5 Å². The van der Waals surface area contributed by atoms with Crippen molar-refractivity contribution < 1.29 is 9.53 Å². The van der Waals surface area contributed by atoms with Crippen molar-refractivity contribution in [1.29, 1.82) is 0 Å². The molecule has 3 heteroatoms. The quantitative estimate of drug-likeness (QED) is 0.843. The average molecular weight is 219 g/mol. The number of fused-ring (bicyclic) bond motifs is 1. The minimum atomic E-state index is -0.562. The Morgan fingerprint density at radius 3 is 2.88 bits per heavy atom. The van der Waals surface area contributed by atoms with Crippen LogP contribution in [0.5, 0.6) is 5.75 Å². The van der Waals surface area contributed by atoms with Crippen molar-refractivity contribution in [2.45, 2.75) is 38.7 Å². The summed E-state index contributed by atoms with van der Waals surface area (Å²) in [5.74, 6) is 0.400. The summed E-state index contributed by atoms with van der Waals surface area (Å²) in [6.45, 7) is 1.69. The molecule has 0 spiro atoms. The number of primary amides is 1. The van der Waals surface area contributed by atoms with Crippen LogP contribution in [0.15, 0.2) is 18.2 Å². The first-order valence-electron chi connectivity index (χ1n) is 5.75. The maximum atomic E-state index is 11.0. The normalized spacial score (nSPS) is 16.3. The third-order valence-electron chi connectivity index (χ3n) is 3.06. The van der Waals surface area contributed by atoms with Crippen molar-refractivity contribution in [2.24, 2.45) is 5.73 Å². The summed E-state index contributed by atoms with van der Waals surface area (Å²) in [7, 11) is 0. The van der Waals surface area contributed by atoms with Gasteiger partial charge >= 0.3 is 0 Å². The number of carbonyl (C=O) groups excluding carboxylic acids is 1. The van der Waals surface area contributed by atoms with E-state index in [4.69, 9.17) is 10.5 Å². The smallest absolute Gasteiger partial charge is 0.258 e. The zero-order chi connectivity index (χ0) is 11.5. The summed E-state index contributed by atoms with van der Waals surface area (Å²) in [6.07, 6.45) is 4.02. The number of rotatable bonds is 3. The zero-order valence-electron chi connectivity index (χ0n) is 9.53. The van der Waals surface area contributed by atoms with Crippen LogP contribution >= 0.6 is 0 Å². The van der Waals surface area contributed by atoms with Crippen molar-refractivity contribution >= 4 is 5.91 Å². The van der Waals surface area contributed by atoms with Crippen molar-refractivity contribution in [3.8, 4) is 5.75 Å². The van der Waals surface area contributed by atoms with Crippen LogP contribution in [0.1, 0.15) is 30.9 Å². The third-order valence-corrected chi connectivity index (χ3v) is 3.06.